The van der Waals surface area contributed by atoms with Crippen LogP contribution in [-0.4, -0.2) is 22.8 Å². The summed E-state index contributed by atoms with van der Waals surface area (Å²) in [6.07, 6.45) is 0. The number of hydrogen-bond donors (Lipinski definition) is 1. The Labute approximate surface area is 158 Å². The lowest BCUT2D eigenvalue weighted by molar-refractivity contribution is -0.123. The van der Waals surface area contributed by atoms with E-state index in [-0.39, 0.29) is 30.0 Å². The fraction of sp³-hybridized carbons (Fsp3) is 0.400. The summed E-state index contributed by atoms with van der Waals surface area (Å²) in [5.41, 5.74) is 1.50. The zero-order chi connectivity index (χ0) is 20.1. The van der Waals surface area contributed by atoms with E-state index in [4.69, 9.17) is 4.74 Å². The third kappa shape index (κ3) is 4.53. The first-order valence-corrected chi connectivity index (χ1v) is 8.70. The molecule has 1 aromatic carbocycles. The Bertz CT molecular complexity index is 924. The van der Waals surface area contributed by atoms with Crippen molar-refractivity contribution < 1.29 is 9.53 Å². The van der Waals surface area contributed by atoms with Crippen molar-refractivity contribution in [1.29, 1.82) is 5.26 Å². The molecule has 0 fully saturated rings. The summed E-state index contributed by atoms with van der Waals surface area (Å²) < 4.78 is 6.21. The maximum atomic E-state index is 12.6. The average molecular weight is 368 g/mol. The average Bonchev–Trinajstić information content (AvgIpc) is 2.64. The molecule has 0 saturated carbocycles. The molecular weight excluding hydrogens is 344 g/mol. The minimum atomic E-state index is -0.554. The summed E-state index contributed by atoms with van der Waals surface area (Å²) >= 11 is 0. The predicted molar refractivity (Wildman–Crippen MR) is 101 cm³/mol. The number of aromatic nitrogens is 2. The Morgan fingerprint density at radius 1 is 1.30 bits per heavy atom. The number of carbonyl (C=O) groups is 1. The predicted octanol–water partition coefficient (Wildman–Crippen LogP) is 2.25. The van der Waals surface area contributed by atoms with Gasteiger partial charge >= 0.3 is 0 Å². The van der Waals surface area contributed by atoms with Gasteiger partial charge in [-0.05, 0) is 43.0 Å². The van der Waals surface area contributed by atoms with Crippen LogP contribution >= 0.6 is 0 Å². The summed E-state index contributed by atoms with van der Waals surface area (Å²) in [4.78, 5) is 24.9. The van der Waals surface area contributed by atoms with Crippen LogP contribution in [0.5, 0.6) is 5.75 Å². The highest BCUT2D eigenvalue weighted by Gasteiger charge is 2.20. The normalized spacial score (nSPS) is 11.7. The molecule has 1 amide bonds. The lowest BCUT2D eigenvalue weighted by atomic mass is 9.96. The molecule has 1 N–H and O–H groups in total. The van der Waals surface area contributed by atoms with E-state index < -0.39 is 5.56 Å². The molecule has 0 aliphatic rings. The molecule has 1 atom stereocenters. The molecule has 0 bridgehead atoms. The molecule has 27 heavy (non-hydrogen) atoms. The van der Waals surface area contributed by atoms with E-state index in [1.165, 1.54) is 0 Å². The van der Waals surface area contributed by atoms with Crippen molar-refractivity contribution in [1.82, 2.24) is 15.1 Å². The molecular formula is C20H24N4O3. The summed E-state index contributed by atoms with van der Waals surface area (Å²) in [5, 5.41) is 16.3. The van der Waals surface area contributed by atoms with Crippen LogP contribution in [0.15, 0.2) is 29.1 Å². The minimum absolute atomic E-state index is 0.0193. The van der Waals surface area contributed by atoms with Crippen LogP contribution < -0.4 is 15.6 Å². The van der Waals surface area contributed by atoms with Crippen LogP contribution in [0.1, 0.15) is 42.3 Å². The van der Waals surface area contributed by atoms with Crippen LogP contribution in [0.4, 0.5) is 0 Å². The second kappa shape index (κ2) is 8.49. The molecule has 0 radical (unpaired) electrons. The van der Waals surface area contributed by atoms with Crippen LogP contribution in [0.2, 0.25) is 0 Å². The first kappa shape index (κ1) is 20.2. The van der Waals surface area contributed by atoms with Gasteiger partial charge in [0.1, 0.15) is 23.9 Å². The first-order valence-electron chi connectivity index (χ1n) is 8.70. The number of nitriles is 1. The van der Waals surface area contributed by atoms with Gasteiger partial charge in [-0.25, -0.2) is 4.68 Å². The molecule has 0 aliphatic heterocycles. The first-order chi connectivity index (χ1) is 12.8. The highest BCUT2D eigenvalue weighted by Crippen LogP contribution is 2.23. The Morgan fingerprint density at radius 2 is 1.93 bits per heavy atom. The molecule has 0 spiro atoms. The lowest BCUT2D eigenvalue weighted by Crippen LogP contribution is -2.38. The van der Waals surface area contributed by atoms with Gasteiger partial charge in [0.15, 0.2) is 0 Å². The van der Waals surface area contributed by atoms with E-state index in [0.717, 1.165) is 16.0 Å². The second-order valence-electron chi connectivity index (χ2n) is 6.72. The van der Waals surface area contributed by atoms with E-state index >= 15 is 0 Å². The standard InChI is InChI=1S/C20H24N4O3/c1-12(2)19(15-6-8-16(27-5)9-7-15)22-18(25)11-24-20(26)17(10-21)13(3)14(4)23-24/h6-9,12,19H,11H2,1-5H3,(H,22,25). The molecule has 7 nitrogen and oxygen atoms in total. The van der Waals surface area contributed by atoms with E-state index in [1.54, 1.807) is 21.0 Å². The van der Waals surface area contributed by atoms with Gasteiger partial charge in [-0.3, -0.25) is 9.59 Å². The fourth-order valence-electron chi connectivity index (χ4n) is 2.81. The third-order valence-corrected chi connectivity index (χ3v) is 4.50. The summed E-state index contributed by atoms with van der Waals surface area (Å²) in [6.45, 7) is 7.14. The minimum Gasteiger partial charge on any atom is -0.497 e. The van der Waals surface area contributed by atoms with Crippen LogP contribution in [0.25, 0.3) is 0 Å². The molecule has 1 heterocycles. The van der Waals surface area contributed by atoms with E-state index in [9.17, 15) is 14.9 Å². The summed E-state index contributed by atoms with van der Waals surface area (Å²) in [6, 6.07) is 9.15. The third-order valence-electron chi connectivity index (χ3n) is 4.50. The Balaban J connectivity index is 2.23. The Hall–Kier alpha value is -3.14. The molecule has 7 heteroatoms. The fourth-order valence-corrected chi connectivity index (χ4v) is 2.81. The van der Waals surface area contributed by atoms with Crippen molar-refractivity contribution in [3.05, 3.63) is 57.0 Å². The van der Waals surface area contributed by atoms with Crippen molar-refractivity contribution in [2.24, 2.45) is 5.92 Å². The van der Waals surface area contributed by atoms with Gasteiger partial charge < -0.3 is 10.1 Å². The number of amides is 1. The molecule has 2 aromatic rings. The monoisotopic (exact) mass is 368 g/mol. The topological polar surface area (TPSA) is 97.0 Å². The lowest BCUT2D eigenvalue weighted by Gasteiger charge is -2.23. The molecule has 1 unspecified atom stereocenters. The number of methoxy groups -OCH3 is 1. The number of hydrogen-bond acceptors (Lipinski definition) is 5. The summed E-state index contributed by atoms with van der Waals surface area (Å²) in [7, 11) is 1.60. The van der Waals surface area contributed by atoms with E-state index in [1.807, 2.05) is 44.2 Å². The number of nitrogens with one attached hydrogen (secondary N) is 1. The van der Waals surface area contributed by atoms with Gasteiger partial charge in [0.25, 0.3) is 5.56 Å². The maximum Gasteiger partial charge on any atom is 0.285 e. The maximum absolute atomic E-state index is 12.6. The number of benzene rings is 1. The van der Waals surface area contributed by atoms with Crippen molar-refractivity contribution in [3.63, 3.8) is 0 Å². The molecule has 142 valence electrons. The largest absolute Gasteiger partial charge is 0.497 e. The van der Waals surface area contributed by atoms with Crippen LogP contribution in [-0.2, 0) is 11.3 Å². The van der Waals surface area contributed by atoms with Crippen LogP contribution in [0.3, 0.4) is 0 Å². The number of carbonyl (C=O) groups excluding carboxylic acids is 1. The Morgan fingerprint density at radius 3 is 2.44 bits per heavy atom. The van der Waals surface area contributed by atoms with Gasteiger partial charge in [0, 0.05) is 0 Å². The SMILES string of the molecule is COc1ccc(C(NC(=O)Cn2nc(C)c(C)c(C#N)c2=O)C(C)C)cc1. The van der Waals surface area contributed by atoms with Gasteiger partial charge in [-0.15, -0.1) is 0 Å². The summed E-state index contributed by atoms with van der Waals surface area (Å²) in [5.74, 6) is 0.537. The smallest absolute Gasteiger partial charge is 0.285 e. The highest BCUT2D eigenvalue weighted by atomic mass is 16.5. The van der Waals surface area contributed by atoms with Gasteiger partial charge in [-0.1, -0.05) is 26.0 Å². The van der Waals surface area contributed by atoms with Crippen molar-refractivity contribution >= 4 is 5.91 Å². The highest BCUT2D eigenvalue weighted by molar-refractivity contribution is 5.76. The molecule has 0 saturated heterocycles. The van der Waals surface area contributed by atoms with Gasteiger partial charge in [0.05, 0.1) is 18.8 Å². The van der Waals surface area contributed by atoms with E-state index in [0.29, 0.717) is 11.3 Å². The van der Waals surface area contributed by atoms with Gasteiger partial charge in [-0.2, -0.15) is 10.4 Å². The Kier molecular flexibility index (Phi) is 6.35. The van der Waals surface area contributed by atoms with Crippen molar-refractivity contribution in [3.8, 4) is 11.8 Å². The molecule has 2 rings (SSSR count). The zero-order valence-corrected chi connectivity index (χ0v) is 16.2. The van der Waals surface area contributed by atoms with Crippen molar-refractivity contribution in [2.75, 3.05) is 7.11 Å². The molecule has 0 aliphatic carbocycles. The quantitative estimate of drug-likeness (QED) is 0.843. The van der Waals surface area contributed by atoms with Crippen LogP contribution in [0, 0.1) is 31.1 Å². The molecule has 1 aromatic heterocycles. The number of aryl methyl sites for hydroxylation is 1. The van der Waals surface area contributed by atoms with Gasteiger partial charge in [0.2, 0.25) is 5.91 Å². The number of ether oxygens (including phenoxy) is 1. The number of rotatable bonds is 6. The zero-order valence-electron chi connectivity index (χ0n) is 16.2. The second-order valence-corrected chi connectivity index (χ2v) is 6.72. The number of nitrogens with zero attached hydrogens (tertiary/aromatic N) is 3. The van der Waals surface area contributed by atoms with Crippen molar-refractivity contribution in [2.45, 2.75) is 40.3 Å². The van der Waals surface area contributed by atoms with E-state index in [2.05, 4.69) is 10.4 Å².